The molecule has 4 heterocycles. The van der Waals surface area contributed by atoms with E-state index >= 15 is 0 Å². The highest BCUT2D eigenvalue weighted by atomic mass is 16.7. The average molecular weight is 802 g/mol. The van der Waals surface area contributed by atoms with Crippen molar-refractivity contribution in [2.75, 3.05) is 0 Å². The van der Waals surface area contributed by atoms with Gasteiger partial charge in [-0.3, -0.25) is 4.79 Å². The molecule has 19 heteroatoms. The van der Waals surface area contributed by atoms with E-state index in [2.05, 4.69) is 11.9 Å². The van der Waals surface area contributed by atoms with Gasteiger partial charge in [0.25, 0.3) is 0 Å². The third-order valence-electron chi connectivity index (χ3n) is 11.2. The van der Waals surface area contributed by atoms with Crippen LogP contribution in [0.15, 0.2) is 36.5 Å². The van der Waals surface area contributed by atoms with Crippen LogP contribution in [0.25, 0.3) is 0 Å². The molecule has 2 saturated heterocycles. The number of esters is 1. The highest BCUT2D eigenvalue weighted by Crippen LogP contribution is 2.47. The number of aromatic hydroxyl groups is 3. The third-order valence-corrected chi connectivity index (χ3v) is 11.2. The molecule has 0 bridgehead atoms. The molecule has 1 saturated carbocycles. The summed E-state index contributed by atoms with van der Waals surface area (Å²) in [5, 5.41) is 104. The van der Waals surface area contributed by atoms with Crippen LogP contribution in [-0.4, -0.2) is 135 Å². The number of aromatic nitrogens is 1. The number of aliphatic carboxylic acids is 1. The SMILES string of the molecule is CC1(c2cc(Cc3c(OC4OC(C(=O)OC5OC(C(=O)O)C(O)C(O)C5O)C(O)C(O)C4O)cc4c(c3O)C(=O)CC(c3ccc(O)c(O)c3)O4)c[nH]2)CCCC1. The Morgan fingerprint density at radius 3 is 2.16 bits per heavy atom. The van der Waals surface area contributed by atoms with Crippen LogP contribution in [0.5, 0.6) is 28.7 Å². The van der Waals surface area contributed by atoms with E-state index in [-0.39, 0.29) is 40.9 Å². The minimum absolute atomic E-state index is 0.00933. The second-order valence-electron chi connectivity index (χ2n) is 15.1. The summed E-state index contributed by atoms with van der Waals surface area (Å²) in [7, 11) is 0. The minimum atomic E-state index is -2.20. The van der Waals surface area contributed by atoms with E-state index in [4.69, 9.17) is 23.7 Å². The molecule has 11 atom stereocenters. The van der Waals surface area contributed by atoms with Crippen molar-refractivity contribution in [2.45, 2.75) is 118 Å². The first-order chi connectivity index (χ1) is 27.0. The number of rotatable bonds is 9. The van der Waals surface area contributed by atoms with Gasteiger partial charge in [-0.2, -0.15) is 0 Å². The fraction of sp³-hybridized carbons (Fsp3) is 0.500. The van der Waals surface area contributed by atoms with Crippen molar-refractivity contribution < 1.29 is 89.1 Å². The Bertz CT molecular complexity index is 2030. The van der Waals surface area contributed by atoms with E-state index in [1.807, 2.05) is 6.07 Å². The van der Waals surface area contributed by atoms with Crippen LogP contribution >= 0.6 is 0 Å². The van der Waals surface area contributed by atoms with Crippen molar-refractivity contribution >= 4 is 17.7 Å². The van der Waals surface area contributed by atoms with E-state index < -0.39 is 102 Å². The number of hydrogen-bond donors (Lipinski definition) is 11. The standard InChI is InChI=1S/C38H43NO18/c1-38(6-2-3-7-38)23-9-14(13-39-23)8-16-21(12-22-24(25(16)43)19(42)11-20(53-22)15-4-5-17(40)18(41)10-15)54-36-30(48)27(45)29(47)33(56-36)35(52)57-37-31(49)26(44)28(46)32(55-37)34(50)51/h4-5,9-10,12-13,20,26-33,36-37,39-41,43-49H,2-3,6-8,11H2,1H3,(H,50,51). The number of hydrogen-bond acceptors (Lipinski definition) is 17. The number of benzene rings is 2. The number of nitrogens with one attached hydrogen (secondary N) is 1. The molecular weight excluding hydrogens is 758 g/mol. The maximum atomic E-state index is 13.6. The number of carboxylic acids is 1. The van der Waals surface area contributed by atoms with Gasteiger partial charge in [0.1, 0.15) is 65.5 Å². The molecule has 0 radical (unpaired) electrons. The third kappa shape index (κ3) is 7.48. The number of Topliss-reactive ketones (excluding diaryl/α,β-unsaturated/α-hetero) is 1. The van der Waals surface area contributed by atoms with E-state index in [1.165, 1.54) is 24.3 Å². The quantitative estimate of drug-likeness (QED) is 0.0993. The van der Waals surface area contributed by atoms with Crippen molar-refractivity contribution in [1.82, 2.24) is 4.98 Å². The first-order valence-electron chi connectivity index (χ1n) is 18.2. The van der Waals surface area contributed by atoms with Gasteiger partial charge in [-0.05, 0) is 42.2 Å². The molecule has 11 unspecified atom stereocenters. The van der Waals surface area contributed by atoms with Crippen molar-refractivity contribution in [3.8, 4) is 28.7 Å². The molecule has 1 aliphatic carbocycles. The molecule has 2 aromatic carbocycles. The van der Waals surface area contributed by atoms with Gasteiger partial charge >= 0.3 is 11.9 Å². The van der Waals surface area contributed by atoms with Gasteiger partial charge in [-0.1, -0.05) is 25.8 Å². The number of carbonyl (C=O) groups excluding carboxylic acids is 2. The molecule has 3 fully saturated rings. The Hall–Kier alpha value is -4.99. The number of ether oxygens (including phenoxy) is 5. The average Bonchev–Trinajstić information content (AvgIpc) is 3.84. The summed E-state index contributed by atoms with van der Waals surface area (Å²) in [6, 6.07) is 6.99. The highest BCUT2D eigenvalue weighted by molar-refractivity contribution is 6.03. The monoisotopic (exact) mass is 801 g/mol. The summed E-state index contributed by atoms with van der Waals surface area (Å²) >= 11 is 0. The Balaban J connectivity index is 1.21. The van der Waals surface area contributed by atoms with Crippen molar-refractivity contribution in [3.05, 3.63) is 64.5 Å². The molecule has 0 amide bonds. The van der Waals surface area contributed by atoms with Crippen LogP contribution in [0.4, 0.5) is 0 Å². The summed E-state index contributed by atoms with van der Waals surface area (Å²) < 4.78 is 27.7. The number of carbonyl (C=O) groups is 3. The smallest absolute Gasteiger partial charge is 0.340 e. The molecule has 57 heavy (non-hydrogen) atoms. The number of H-pyrrole nitrogens is 1. The summed E-state index contributed by atoms with van der Waals surface area (Å²) in [5.41, 5.74) is 1.64. The number of aliphatic hydroxyl groups excluding tert-OH is 6. The Morgan fingerprint density at radius 2 is 1.49 bits per heavy atom. The van der Waals surface area contributed by atoms with Gasteiger partial charge in [-0.25, -0.2) is 9.59 Å². The van der Waals surface area contributed by atoms with Gasteiger partial charge in [0.05, 0.1) is 6.42 Å². The zero-order valence-electron chi connectivity index (χ0n) is 30.3. The van der Waals surface area contributed by atoms with Gasteiger partial charge in [-0.15, -0.1) is 0 Å². The molecule has 1 aromatic heterocycles. The lowest BCUT2D eigenvalue weighted by molar-refractivity contribution is -0.302. The van der Waals surface area contributed by atoms with Crippen LogP contribution in [0, 0.1) is 0 Å². The molecule has 308 valence electrons. The first kappa shape index (κ1) is 40.2. The molecular formula is C38H43NO18. The maximum Gasteiger partial charge on any atom is 0.340 e. The number of ketones is 1. The Kier molecular flexibility index (Phi) is 10.9. The van der Waals surface area contributed by atoms with Crippen molar-refractivity contribution in [1.29, 1.82) is 0 Å². The fourth-order valence-corrected chi connectivity index (χ4v) is 7.81. The van der Waals surface area contributed by atoms with Gasteiger partial charge in [0, 0.05) is 35.4 Å². The van der Waals surface area contributed by atoms with Gasteiger partial charge in [0.15, 0.2) is 29.5 Å². The number of aliphatic hydroxyl groups is 6. The summed E-state index contributed by atoms with van der Waals surface area (Å²) in [6.07, 6.45) is -16.9. The zero-order valence-corrected chi connectivity index (χ0v) is 30.3. The van der Waals surface area contributed by atoms with E-state index in [0.717, 1.165) is 31.4 Å². The summed E-state index contributed by atoms with van der Waals surface area (Å²) in [4.78, 5) is 41.8. The van der Waals surface area contributed by atoms with Gasteiger partial charge < -0.3 is 79.7 Å². The van der Waals surface area contributed by atoms with Crippen LogP contribution < -0.4 is 9.47 Å². The minimum Gasteiger partial charge on any atom is -0.507 e. The lowest BCUT2D eigenvalue weighted by Gasteiger charge is -2.41. The number of carboxylic acid groups (broad SMARTS) is 1. The fourth-order valence-electron chi connectivity index (χ4n) is 7.81. The topological polar surface area (TPSA) is 315 Å². The molecule has 11 N–H and O–H groups in total. The van der Waals surface area contributed by atoms with Gasteiger partial charge in [0.2, 0.25) is 12.6 Å². The Morgan fingerprint density at radius 1 is 0.842 bits per heavy atom. The molecule has 3 aliphatic heterocycles. The van der Waals surface area contributed by atoms with E-state index in [1.54, 1.807) is 6.20 Å². The summed E-state index contributed by atoms with van der Waals surface area (Å²) in [6.45, 7) is 2.14. The van der Waals surface area contributed by atoms with Crippen LogP contribution in [0.2, 0.25) is 0 Å². The molecule has 0 spiro atoms. The maximum absolute atomic E-state index is 13.6. The lowest BCUT2D eigenvalue weighted by atomic mass is 9.85. The predicted octanol–water partition coefficient (Wildman–Crippen LogP) is -0.118. The van der Waals surface area contributed by atoms with Crippen LogP contribution in [0.3, 0.4) is 0 Å². The van der Waals surface area contributed by atoms with E-state index in [0.29, 0.717) is 11.1 Å². The second-order valence-corrected chi connectivity index (χ2v) is 15.1. The molecule has 19 nitrogen and oxygen atoms in total. The Labute approximate surface area is 323 Å². The largest absolute Gasteiger partial charge is 0.507 e. The molecule has 4 aliphatic rings. The highest BCUT2D eigenvalue weighted by Gasteiger charge is 2.53. The van der Waals surface area contributed by atoms with E-state index in [9.17, 15) is 65.4 Å². The van der Waals surface area contributed by atoms with Crippen LogP contribution in [-0.2, 0) is 35.6 Å². The number of phenolic OH excluding ortho intramolecular Hbond substituents is 3. The lowest BCUT2D eigenvalue weighted by Crippen LogP contribution is -2.63. The molecule has 7 rings (SSSR count). The molecule has 3 aromatic rings. The first-order valence-corrected chi connectivity index (χ1v) is 18.2. The van der Waals surface area contributed by atoms with Crippen molar-refractivity contribution in [3.63, 3.8) is 0 Å². The second kappa shape index (κ2) is 15.4. The normalized spacial score (nSPS) is 32.3. The summed E-state index contributed by atoms with van der Waals surface area (Å²) in [5.74, 6) is -5.74. The zero-order chi connectivity index (χ0) is 41.1. The predicted molar refractivity (Wildman–Crippen MR) is 187 cm³/mol. The van der Waals surface area contributed by atoms with Crippen molar-refractivity contribution in [2.24, 2.45) is 0 Å². The van der Waals surface area contributed by atoms with Crippen LogP contribution in [0.1, 0.15) is 77.9 Å². The number of fused-ring (bicyclic) bond motifs is 1. The number of aromatic amines is 1. The number of phenols is 3.